The van der Waals surface area contributed by atoms with Gasteiger partial charge in [-0.3, -0.25) is 0 Å². The molecule has 1 aromatic heterocycles. The van der Waals surface area contributed by atoms with Crippen molar-refractivity contribution >= 4 is 11.8 Å². The van der Waals surface area contributed by atoms with Crippen molar-refractivity contribution in [1.29, 1.82) is 0 Å². The number of aliphatic hydroxyl groups is 1. The number of aromatic nitrogens is 2. The van der Waals surface area contributed by atoms with Gasteiger partial charge in [0.25, 0.3) is 0 Å². The van der Waals surface area contributed by atoms with Crippen molar-refractivity contribution in [2.75, 3.05) is 11.9 Å². The van der Waals surface area contributed by atoms with Crippen LogP contribution in [0.5, 0.6) is 0 Å². The predicted molar refractivity (Wildman–Crippen MR) is 56.4 cm³/mol. The van der Waals surface area contributed by atoms with Crippen LogP contribution in [0.3, 0.4) is 0 Å². The SMILES string of the molecule is CN(c1cnc(C(=O)O)cn1)C1CC(O)C1. The molecule has 0 unspecified atom stereocenters. The highest BCUT2D eigenvalue weighted by atomic mass is 16.4. The molecule has 0 aliphatic heterocycles. The van der Waals surface area contributed by atoms with Crippen molar-refractivity contribution < 1.29 is 15.0 Å². The second-order valence-corrected chi connectivity index (χ2v) is 3.95. The molecule has 0 spiro atoms. The number of nitrogens with zero attached hydrogens (tertiary/aromatic N) is 3. The Kier molecular flexibility index (Phi) is 2.74. The lowest BCUT2D eigenvalue weighted by Crippen LogP contribution is -2.45. The average Bonchev–Trinajstić information content (AvgIpc) is 2.24. The van der Waals surface area contributed by atoms with Gasteiger partial charge in [-0.1, -0.05) is 0 Å². The molecule has 0 atom stereocenters. The van der Waals surface area contributed by atoms with Gasteiger partial charge in [-0.25, -0.2) is 14.8 Å². The van der Waals surface area contributed by atoms with Crippen LogP contribution in [0.1, 0.15) is 23.3 Å². The average molecular weight is 223 g/mol. The van der Waals surface area contributed by atoms with Gasteiger partial charge in [-0.2, -0.15) is 0 Å². The fourth-order valence-electron chi connectivity index (χ4n) is 1.68. The van der Waals surface area contributed by atoms with E-state index >= 15 is 0 Å². The van der Waals surface area contributed by atoms with E-state index in [0.717, 1.165) is 12.8 Å². The van der Waals surface area contributed by atoms with Crippen LogP contribution in [-0.4, -0.2) is 45.3 Å². The van der Waals surface area contributed by atoms with E-state index in [1.807, 2.05) is 11.9 Å². The monoisotopic (exact) mass is 223 g/mol. The summed E-state index contributed by atoms with van der Waals surface area (Å²) in [5, 5.41) is 17.9. The van der Waals surface area contributed by atoms with Crippen molar-refractivity contribution in [2.45, 2.75) is 25.0 Å². The Morgan fingerprint density at radius 2 is 2.12 bits per heavy atom. The number of carbonyl (C=O) groups is 1. The first-order valence-corrected chi connectivity index (χ1v) is 5.04. The molecule has 0 amide bonds. The highest BCUT2D eigenvalue weighted by Gasteiger charge is 2.31. The van der Waals surface area contributed by atoms with Gasteiger partial charge >= 0.3 is 5.97 Å². The fourth-order valence-corrected chi connectivity index (χ4v) is 1.68. The predicted octanol–water partition coefficient (Wildman–Crippen LogP) is 0.134. The third-order valence-corrected chi connectivity index (χ3v) is 2.85. The number of hydrogen-bond donors (Lipinski definition) is 2. The van der Waals surface area contributed by atoms with E-state index in [2.05, 4.69) is 9.97 Å². The number of anilines is 1. The molecule has 1 aromatic rings. The van der Waals surface area contributed by atoms with E-state index in [1.54, 1.807) is 0 Å². The summed E-state index contributed by atoms with van der Waals surface area (Å²) in [4.78, 5) is 20.3. The number of carboxylic acids is 1. The van der Waals surface area contributed by atoms with Crippen LogP contribution < -0.4 is 4.90 Å². The minimum atomic E-state index is -1.08. The van der Waals surface area contributed by atoms with Gasteiger partial charge in [-0.05, 0) is 12.8 Å². The first-order chi connectivity index (χ1) is 7.58. The molecule has 0 radical (unpaired) electrons. The Hall–Kier alpha value is -1.69. The largest absolute Gasteiger partial charge is 0.476 e. The van der Waals surface area contributed by atoms with Gasteiger partial charge in [0.2, 0.25) is 0 Å². The Morgan fingerprint density at radius 1 is 1.44 bits per heavy atom. The first-order valence-electron chi connectivity index (χ1n) is 5.04. The zero-order valence-electron chi connectivity index (χ0n) is 8.87. The maximum absolute atomic E-state index is 10.6. The van der Waals surface area contributed by atoms with Crippen molar-refractivity contribution in [3.05, 3.63) is 18.1 Å². The van der Waals surface area contributed by atoms with Gasteiger partial charge in [-0.15, -0.1) is 0 Å². The normalized spacial score (nSPS) is 23.6. The third kappa shape index (κ3) is 1.96. The minimum absolute atomic E-state index is 0.0641. The minimum Gasteiger partial charge on any atom is -0.476 e. The smallest absolute Gasteiger partial charge is 0.356 e. The van der Waals surface area contributed by atoms with E-state index < -0.39 is 5.97 Å². The van der Waals surface area contributed by atoms with Crippen molar-refractivity contribution in [1.82, 2.24) is 9.97 Å². The Bertz CT molecular complexity index is 387. The van der Waals surface area contributed by atoms with Gasteiger partial charge in [0.15, 0.2) is 5.69 Å². The summed E-state index contributed by atoms with van der Waals surface area (Å²) >= 11 is 0. The lowest BCUT2D eigenvalue weighted by molar-refractivity contribution is 0.0690. The number of carboxylic acid groups (broad SMARTS) is 1. The van der Waals surface area contributed by atoms with Gasteiger partial charge in [0.05, 0.1) is 18.5 Å². The van der Waals surface area contributed by atoms with E-state index in [-0.39, 0.29) is 17.8 Å². The third-order valence-electron chi connectivity index (χ3n) is 2.85. The van der Waals surface area contributed by atoms with Gasteiger partial charge < -0.3 is 15.1 Å². The molecular formula is C10H13N3O3. The van der Waals surface area contributed by atoms with E-state index in [0.29, 0.717) is 5.82 Å². The molecule has 1 saturated carbocycles. The topological polar surface area (TPSA) is 86.6 Å². The maximum Gasteiger partial charge on any atom is 0.356 e. The van der Waals surface area contributed by atoms with Crippen molar-refractivity contribution in [3.63, 3.8) is 0 Å². The summed E-state index contributed by atoms with van der Waals surface area (Å²) in [7, 11) is 1.86. The molecule has 0 bridgehead atoms. The molecule has 1 fully saturated rings. The fraction of sp³-hybridized carbons (Fsp3) is 0.500. The Labute approximate surface area is 92.6 Å². The summed E-state index contributed by atoms with van der Waals surface area (Å²) in [5.41, 5.74) is -0.0641. The summed E-state index contributed by atoms with van der Waals surface area (Å²) < 4.78 is 0. The molecule has 2 N–H and O–H groups in total. The molecule has 6 heteroatoms. The molecule has 0 aromatic carbocycles. The Balaban J connectivity index is 2.06. The molecule has 2 rings (SSSR count). The summed E-state index contributed by atoms with van der Waals surface area (Å²) in [6.07, 6.45) is 3.90. The second-order valence-electron chi connectivity index (χ2n) is 3.95. The number of hydrogen-bond acceptors (Lipinski definition) is 5. The zero-order chi connectivity index (χ0) is 11.7. The summed E-state index contributed by atoms with van der Waals surface area (Å²) in [5.74, 6) is -0.456. The molecule has 6 nitrogen and oxygen atoms in total. The van der Waals surface area contributed by atoms with Crippen LogP contribution >= 0.6 is 0 Å². The van der Waals surface area contributed by atoms with Gasteiger partial charge in [0, 0.05) is 13.1 Å². The van der Waals surface area contributed by atoms with Crippen LogP contribution in [0, 0.1) is 0 Å². The number of aromatic carboxylic acids is 1. The highest BCUT2D eigenvalue weighted by Crippen LogP contribution is 2.27. The van der Waals surface area contributed by atoms with Crippen LogP contribution in [0.2, 0.25) is 0 Å². The number of rotatable bonds is 3. The Morgan fingerprint density at radius 3 is 2.56 bits per heavy atom. The molecule has 16 heavy (non-hydrogen) atoms. The maximum atomic E-state index is 10.6. The molecule has 86 valence electrons. The van der Waals surface area contributed by atoms with Crippen LogP contribution in [0.25, 0.3) is 0 Å². The standard InChI is InChI=1S/C10H13N3O3/c1-13(6-2-7(14)3-6)9-5-11-8(4-12-9)10(15)16/h4-7,14H,2-3H2,1H3,(H,15,16). The van der Waals surface area contributed by atoms with E-state index in [1.165, 1.54) is 12.4 Å². The highest BCUT2D eigenvalue weighted by molar-refractivity contribution is 5.84. The van der Waals surface area contributed by atoms with E-state index in [4.69, 9.17) is 5.11 Å². The van der Waals surface area contributed by atoms with Crippen LogP contribution in [-0.2, 0) is 0 Å². The van der Waals surface area contributed by atoms with Crippen molar-refractivity contribution in [2.24, 2.45) is 0 Å². The molecular weight excluding hydrogens is 210 g/mol. The molecule has 1 heterocycles. The number of aliphatic hydroxyl groups excluding tert-OH is 1. The molecule has 1 aliphatic rings. The molecule has 1 aliphatic carbocycles. The lowest BCUT2D eigenvalue weighted by atomic mass is 9.88. The zero-order valence-corrected chi connectivity index (χ0v) is 8.87. The van der Waals surface area contributed by atoms with Crippen LogP contribution in [0.15, 0.2) is 12.4 Å². The summed E-state index contributed by atoms with van der Waals surface area (Å²) in [6.45, 7) is 0. The summed E-state index contributed by atoms with van der Waals surface area (Å²) in [6, 6.07) is 0.264. The van der Waals surface area contributed by atoms with Crippen molar-refractivity contribution in [3.8, 4) is 0 Å². The second kappa shape index (κ2) is 4.05. The van der Waals surface area contributed by atoms with Crippen LogP contribution in [0.4, 0.5) is 5.82 Å². The lowest BCUT2D eigenvalue weighted by Gasteiger charge is -2.38. The van der Waals surface area contributed by atoms with E-state index in [9.17, 15) is 9.90 Å². The first kappa shape index (κ1) is 10.8. The molecule has 0 saturated heterocycles. The quantitative estimate of drug-likeness (QED) is 0.757. The van der Waals surface area contributed by atoms with Gasteiger partial charge in [0.1, 0.15) is 5.82 Å².